The molecule has 4 aromatic rings. The van der Waals surface area contributed by atoms with Gasteiger partial charge >= 0.3 is 0 Å². The van der Waals surface area contributed by atoms with Crippen molar-refractivity contribution in [2.75, 3.05) is 5.32 Å². The van der Waals surface area contributed by atoms with Crippen LogP contribution in [0.15, 0.2) is 67.1 Å². The van der Waals surface area contributed by atoms with Crippen molar-refractivity contribution in [1.29, 1.82) is 0 Å². The van der Waals surface area contributed by atoms with E-state index in [9.17, 15) is 5.11 Å². The Bertz CT molecular complexity index is 975. The third-order valence-corrected chi connectivity index (χ3v) is 4.17. The molecule has 0 aliphatic rings. The SMILES string of the molecule is Oc1ccc(CNc2ccc(Cc3c[nH]c4ncccc34)cn2)cc1. The van der Waals surface area contributed by atoms with Gasteiger partial charge in [-0.05, 0) is 47.0 Å². The van der Waals surface area contributed by atoms with Gasteiger partial charge in [-0.3, -0.25) is 0 Å². The summed E-state index contributed by atoms with van der Waals surface area (Å²) in [6.07, 6.45) is 6.51. The molecular formula is C20H18N4O. The minimum atomic E-state index is 0.277. The molecule has 0 saturated heterocycles. The summed E-state index contributed by atoms with van der Waals surface area (Å²) in [5, 5.41) is 13.7. The Morgan fingerprint density at radius 2 is 1.80 bits per heavy atom. The maximum atomic E-state index is 9.31. The highest BCUT2D eigenvalue weighted by atomic mass is 16.3. The normalized spacial score (nSPS) is 10.9. The van der Waals surface area contributed by atoms with Crippen molar-refractivity contribution in [3.8, 4) is 5.75 Å². The molecule has 1 aromatic carbocycles. The topological polar surface area (TPSA) is 73.8 Å². The van der Waals surface area contributed by atoms with Crippen LogP contribution in [0.25, 0.3) is 11.0 Å². The number of anilines is 1. The first-order valence-electron chi connectivity index (χ1n) is 8.15. The Morgan fingerprint density at radius 3 is 2.60 bits per heavy atom. The van der Waals surface area contributed by atoms with Crippen LogP contribution in [-0.2, 0) is 13.0 Å². The van der Waals surface area contributed by atoms with Gasteiger partial charge < -0.3 is 15.4 Å². The summed E-state index contributed by atoms with van der Waals surface area (Å²) < 4.78 is 0. The van der Waals surface area contributed by atoms with Gasteiger partial charge in [0.2, 0.25) is 0 Å². The number of hydrogen-bond donors (Lipinski definition) is 3. The van der Waals surface area contributed by atoms with Gasteiger partial charge in [0.05, 0.1) is 0 Å². The molecule has 0 fully saturated rings. The number of benzene rings is 1. The van der Waals surface area contributed by atoms with E-state index in [0.717, 1.165) is 34.4 Å². The summed E-state index contributed by atoms with van der Waals surface area (Å²) in [7, 11) is 0. The van der Waals surface area contributed by atoms with Gasteiger partial charge in [-0.15, -0.1) is 0 Å². The number of aromatic hydroxyl groups is 1. The van der Waals surface area contributed by atoms with Crippen LogP contribution in [0.1, 0.15) is 16.7 Å². The number of rotatable bonds is 5. The number of aromatic amines is 1. The average molecular weight is 330 g/mol. The predicted molar refractivity (Wildman–Crippen MR) is 98.6 cm³/mol. The quantitative estimate of drug-likeness (QED) is 0.519. The fourth-order valence-electron chi connectivity index (χ4n) is 2.82. The molecule has 0 spiro atoms. The number of fused-ring (bicyclic) bond motifs is 1. The van der Waals surface area contributed by atoms with E-state index in [-0.39, 0.29) is 5.75 Å². The highest BCUT2D eigenvalue weighted by Crippen LogP contribution is 2.19. The van der Waals surface area contributed by atoms with Gasteiger partial charge in [0, 0.05) is 36.9 Å². The first-order chi connectivity index (χ1) is 12.3. The predicted octanol–water partition coefficient (Wildman–Crippen LogP) is 3.87. The summed E-state index contributed by atoms with van der Waals surface area (Å²) in [6, 6.07) is 15.3. The molecule has 0 aliphatic carbocycles. The van der Waals surface area contributed by atoms with Gasteiger partial charge in [0.15, 0.2) is 0 Å². The summed E-state index contributed by atoms with van der Waals surface area (Å²) in [5.41, 5.74) is 4.38. The standard InChI is InChI=1S/C20H18N4O/c25-17-6-3-14(4-7-17)11-22-19-8-5-15(12-23-19)10-16-13-24-20-18(16)2-1-9-21-20/h1-9,12-13,25H,10-11H2,(H,21,24)(H,22,23). The van der Waals surface area contributed by atoms with Gasteiger partial charge in [-0.2, -0.15) is 0 Å². The average Bonchev–Trinajstić information content (AvgIpc) is 3.06. The van der Waals surface area contributed by atoms with Crippen molar-refractivity contribution in [3.63, 3.8) is 0 Å². The van der Waals surface area contributed by atoms with E-state index in [4.69, 9.17) is 0 Å². The van der Waals surface area contributed by atoms with E-state index in [0.29, 0.717) is 6.54 Å². The smallest absolute Gasteiger partial charge is 0.137 e. The maximum Gasteiger partial charge on any atom is 0.137 e. The second kappa shape index (κ2) is 6.65. The van der Waals surface area contributed by atoms with Gasteiger partial charge in [-0.25, -0.2) is 9.97 Å². The van der Waals surface area contributed by atoms with E-state index >= 15 is 0 Å². The number of hydrogen-bond acceptors (Lipinski definition) is 4. The number of nitrogens with zero attached hydrogens (tertiary/aromatic N) is 2. The lowest BCUT2D eigenvalue weighted by Crippen LogP contribution is -2.01. The molecule has 0 amide bonds. The first kappa shape index (κ1) is 15.2. The molecule has 3 aromatic heterocycles. The summed E-state index contributed by atoms with van der Waals surface area (Å²) in [5.74, 6) is 1.11. The lowest BCUT2D eigenvalue weighted by atomic mass is 10.1. The van der Waals surface area contributed by atoms with Crippen LogP contribution in [0.2, 0.25) is 0 Å². The fraction of sp³-hybridized carbons (Fsp3) is 0.100. The zero-order valence-electron chi connectivity index (χ0n) is 13.6. The number of phenolic OH excluding ortho intramolecular Hbond substituents is 1. The third-order valence-electron chi connectivity index (χ3n) is 4.17. The van der Waals surface area contributed by atoms with E-state index in [1.807, 2.05) is 36.7 Å². The van der Waals surface area contributed by atoms with Crippen molar-refractivity contribution in [3.05, 3.63) is 83.8 Å². The van der Waals surface area contributed by atoms with Gasteiger partial charge in [-0.1, -0.05) is 18.2 Å². The molecular weight excluding hydrogens is 312 g/mol. The maximum absolute atomic E-state index is 9.31. The Labute approximate surface area is 145 Å². The number of nitrogens with one attached hydrogen (secondary N) is 2. The van der Waals surface area contributed by atoms with Gasteiger partial charge in [0.25, 0.3) is 0 Å². The van der Waals surface area contributed by atoms with Crippen LogP contribution in [0.5, 0.6) is 5.75 Å². The first-order valence-corrected chi connectivity index (χ1v) is 8.15. The molecule has 5 nitrogen and oxygen atoms in total. The molecule has 0 bridgehead atoms. The van der Waals surface area contributed by atoms with Crippen molar-refractivity contribution in [2.24, 2.45) is 0 Å². The molecule has 25 heavy (non-hydrogen) atoms. The second-order valence-corrected chi connectivity index (χ2v) is 5.96. The van der Waals surface area contributed by atoms with E-state index in [1.165, 1.54) is 5.56 Å². The van der Waals surface area contributed by atoms with Crippen molar-refractivity contribution in [1.82, 2.24) is 15.0 Å². The summed E-state index contributed by atoms with van der Waals surface area (Å²) in [6.45, 7) is 0.667. The zero-order valence-corrected chi connectivity index (χ0v) is 13.6. The Kier molecular flexibility index (Phi) is 4.04. The van der Waals surface area contributed by atoms with Crippen LogP contribution >= 0.6 is 0 Å². The molecule has 5 heteroatoms. The second-order valence-electron chi connectivity index (χ2n) is 5.96. The minimum Gasteiger partial charge on any atom is -0.508 e. The molecule has 3 N–H and O–H groups in total. The van der Waals surface area contributed by atoms with Gasteiger partial charge in [0.1, 0.15) is 17.2 Å². The molecule has 3 heterocycles. The van der Waals surface area contributed by atoms with Crippen LogP contribution in [0.4, 0.5) is 5.82 Å². The van der Waals surface area contributed by atoms with Crippen LogP contribution < -0.4 is 5.32 Å². The summed E-state index contributed by atoms with van der Waals surface area (Å²) in [4.78, 5) is 12.0. The fourth-order valence-corrected chi connectivity index (χ4v) is 2.82. The van der Waals surface area contributed by atoms with Crippen molar-refractivity contribution in [2.45, 2.75) is 13.0 Å². The molecule has 0 aliphatic heterocycles. The number of pyridine rings is 2. The highest BCUT2D eigenvalue weighted by Gasteiger charge is 2.05. The lowest BCUT2D eigenvalue weighted by molar-refractivity contribution is 0.475. The monoisotopic (exact) mass is 330 g/mol. The van der Waals surface area contributed by atoms with Crippen molar-refractivity contribution >= 4 is 16.9 Å². The number of aromatic nitrogens is 3. The van der Waals surface area contributed by atoms with E-state index in [2.05, 4.69) is 32.4 Å². The highest BCUT2D eigenvalue weighted by molar-refractivity contribution is 5.79. The molecule has 4 rings (SSSR count). The van der Waals surface area contributed by atoms with E-state index < -0.39 is 0 Å². The molecule has 124 valence electrons. The Balaban J connectivity index is 1.42. The van der Waals surface area contributed by atoms with Crippen LogP contribution in [0, 0.1) is 0 Å². The van der Waals surface area contributed by atoms with Crippen LogP contribution in [0.3, 0.4) is 0 Å². The molecule has 0 atom stereocenters. The summed E-state index contributed by atoms with van der Waals surface area (Å²) >= 11 is 0. The lowest BCUT2D eigenvalue weighted by Gasteiger charge is -2.07. The molecule has 0 saturated carbocycles. The molecule has 0 radical (unpaired) electrons. The molecule has 0 unspecified atom stereocenters. The van der Waals surface area contributed by atoms with Crippen molar-refractivity contribution < 1.29 is 5.11 Å². The largest absolute Gasteiger partial charge is 0.508 e. The zero-order chi connectivity index (χ0) is 17.1. The van der Waals surface area contributed by atoms with Crippen LogP contribution in [-0.4, -0.2) is 20.1 Å². The number of phenols is 1. The third kappa shape index (κ3) is 3.45. The Hall–Kier alpha value is -3.34. The Morgan fingerprint density at radius 1 is 0.960 bits per heavy atom. The number of H-pyrrole nitrogens is 1. The minimum absolute atomic E-state index is 0.277. The van der Waals surface area contributed by atoms with E-state index in [1.54, 1.807) is 18.3 Å².